The highest BCUT2D eigenvalue weighted by atomic mass is 35.5. The van der Waals surface area contributed by atoms with Crippen molar-refractivity contribution in [2.24, 2.45) is 0 Å². The summed E-state index contributed by atoms with van der Waals surface area (Å²) in [4.78, 5) is 37.1. The molecule has 2 rings (SSSR count). The zero-order valence-electron chi connectivity index (χ0n) is 12.1. The zero-order valence-corrected chi connectivity index (χ0v) is 12.8. The van der Waals surface area contributed by atoms with Crippen LogP contribution in [0.25, 0.3) is 0 Å². The molecule has 0 aliphatic carbocycles. The molecule has 22 heavy (non-hydrogen) atoms. The van der Waals surface area contributed by atoms with Crippen LogP contribution in [-0.4, -0.2) is 35.8 Å². The predicted molar refractivity (Wildman–Crippen MR) is 82.3 cm³/mol. The van der Waals surface area contributed by atoms with Gasteiger partial charge in [-0.25, -0.2) is 4.79 Å². The van der Waals surface area contributed by atoms with Crippen molar-refractivity contribution < 1.29 is 14.4 Å². The van der Waals surface area contributed by atoms with Gasteiger partial charge in [-0.1, -0.05) is 29.8 Å². The van der Waals surface area contributed by atoms with Gasteiger partial charge >= 0.3 is 6.03 Å². The molecule has 1 fully saturated rings. The van der Waals surface area contributed by atoms with Crippen molar-refractivity contribution in [1.82, 2.24) is 15.5 Å². The van der Waals surface area contributed by atoms with E-state index in [2.05, 4.69) is 17.2 Å². The van der Waals surface area contributed by atoms with Crippen LogP contribution in [0, 0.1) is 0 Å². The lowest BCUT2D eigenvalue weighted by Gasteiger charge is -2.22. The van der Waals surface area contributed by atoms with Gasteiger partial charge in [0.25, 0.3) is 5.91 Å². The molecule has 0 aromatic heterocycles. The molecule has 1 aliphatic rings. The third kappa shape index (κ3) is 2.96. The van der Waals surface area contributed by atoms with E-state index in [1.54, 1.807) is 31.2 Å². The highest BCUT2D eigenvalue weighted by Gasteiger charge is 2.49. The number of carbonyl (C=O) groups is 3. The molecule has 0 unspecified atom stereocenters. The topological polar surface area (TPSA) is 78.5 Å². The average Bonchev–Trinajstić information content (AvgIpc) is 2.70. The lowest BCUT2D eigenvalue weighted by Crippen LogP contribution is -2.43. The molecule has 0 saturated carbocycles. The smallest absolute Gasteiger partial charge is 0.325 e. The number of hydrogen-bond acceptors (Lipinski definition) is 3. The molecule has 2 N–H and O–H groups in total. The molecule has 1 aromatic carbocycles. The van der Waals surface area contributed by atoms with E-state index < -0.39 is 23.4 Å². The van der Waals surface area contributed by atoms with E-state index in [1.807, 2.05) is 0 Å². The van der Waals surface area contributed by atoms with Crippen LogP contribution in [0.15, 0.2) is 36.9 Å². The summed E-state index contributed by atoms with van der Waals surface area (Å²) in [6.07, 6.45) is 1.52. The molecule has 6 nitrogen and oxygen atoms in total. The van der Waals surface area contributed by atoms with Crippen LogP contribution in [0.3, 0.4) is 0 Å². The first-order valence-electron chi connectivity index (χ1n) is 6.66. The van der Waals surface area contributed by atoms with E-state index in [4.69, 9.17) is 11.6 Å². The number of urea groups is 1. The van der Waals surface area contributed by atoms with Gasteiger partial charge in [-0.15, -0.1) is 6.58 Å². The summed E-state index contributed by atoms with van der Waals surface area (Å²) in [6.45, 7) is 5.02. The molecule has 0 radical (unpaired) electrons. The number of hydrogen-bond donors (Lipinski definition) is 2. The summed E-state index contributed by atoms with van der Waals surface area (Å²) in [6, 6.07) is 6.02. The summed E-state index contributed by atoms with van der Waals surface area (Å²) < 4.78 is 0. The van der Waals surface area contributed by atoms with Gasteiger partial charge in [0, 0.05) is 11.6 Å². The van der Waals surface area contributed by atoms with E-state index in [-0.39, 0.29) is 13.1 Å². The molecule has 1 atom stereocenters. The van der Waals surface area contributed by atoms with Crippen molar-refractivity contribution in [1.29, 1.82) is 0 Å². The molecule has 1 aliphatic heterocycles. The lowest BCUT2D eigenvalue weighted by molar-refractivity contribution is -0.134. The van der Waals surface area contributed by atoms with Crippen LogP contribution in [0.5, 0.6) is 0 Å². The summed E-state index contributed by atoms with van der Waals surface area (Å²) >= 11 is 5.83. The Morgan fingerprint density at radius 2 is 2.05 bits per heavy atom. The van der Waals surface area contributed by atoms with Gasteiger partial charge < -0.3 is 10.6 Å². The van der Waals surface area contributed by atoms with Crippen molar-refractivity contribution >= 4 is 29.4 Å². The molecule has 1 heterocycles. The van der Waals surface area contributed by atoms with Crippen LogP contribution in [0.2, 0.25) is 5.02 Å². The molecule has 0 bridgehead atoms. The fourth-order valence-electron chi connectivity index (χ4n) is 2.20. The second-order valence-corrected chi connectivity index (χ2v) is 5.48. The number of benzene rings is 1. The molecule has 4 amide bonds. The number of nitrogens with one attached hydrogen (secondary N) is 2. The van der Waals surface area contributed by atoms with Gasteiger partial charge in [-0.2, -0.15) is 0 Å². The minimum atomic E-state index is -1.21. The second kappa shape index (κ2) is 6.19. The second-order valence-electron chi connectivity index (χ2n) is 5.05. The van der Waals surface area contributed by atoms with E-state index >= 15 is 0 Å². The largest absolute Gasteiger partial charge is 0.351 e. The standard InChI is InChI=1S/C15H16ClN3O3/c1-3-8-17-12(20)9-19-13(21)15(2,18-14(19)22)10-4-6-11(16)7-5-10/h3-7H,1,8-9H2,2H3,(H,17,20)(H,18,22)/t15-/m1/s1. The van der Waals surface area contributed by atoms with Crippen LogP contribution in [0.1, 0.15) is 12.5 Å². The summed E-state index contributed by atoms with van der Waals surface area (Å²) in [7, 11) is 0. The number of nitrogens with zero attached hydrogens (tertiary/aromatic N) is 1. The number of rotatable bonds is 5. The average molecular weight is 322 g/mol. The van der Waals surface area contributed by atoms with Gasteiger partial charge in [-0.05, 0) is 24.6 Å². The van der Waals surface area contributed by atoms with E-state index in [0.29, 0.717) is 10.6 Å². The quantitative estimate of drug-likeness (QED) is 0.636. The minimum absolute atomic E-state index is 0.275. The van der Waals surface area contributed by atoms with Gasteiger partial charge in [0.05, 0.1) is 0 Å². The van der Waals surface area contributed by atoms with Crippen LogP contribution < -0.4 is 10.6 Å². The Balaban J connectivity index is 2.18. The highest BCUT2D eigenvalue weighted by molar-refractivity contribution is 6.30. The maximum Gasteiger partial charge on any atom is 0.325 e. The zero-order chi connectivity index (χ0) is 16.3. The number of amides is 4. The van der Waals surface area contributed by atoms with Crippen molar-refractivity contribution in [3.63, 3.8) is 0 Å². The summed E-state index contributed by atoms with van der Waals surface area (Å²) in [5.74, 6) is -0.905. The first-order chi connectivity index (χ1) is 10.4. The predicted octanol–water partition coefficient (Wildman–Crippen LogP) is 1.41. The van der Waals surface area contributed by atoms with E-state index in [0.717, 1.165) is 4.90 Å². The maximum atomic E-state index is 12.5. The molecule has 1 saturated heterocycles. The number of carbonyl (C=O) groups excluding carboxylic acids is 3. The molecule has 0 spiro atoms. The Hall–Kier alpha value is -2.34. The van der Waals surface area contributed by atoms with Crippen LogP contribution in [-0.2, 0) is 15.1 Å². The lowest BCUT2D eigenvalue weighted by atomic mass is 9.92. The number of imide groups is 1. The number of halogens is 1. The summed E-state index contributed by atoms with van der Waals surface area (Å²) in [5, 5.41) is 5.68. The molecular formula is C15H16ClN3O3. The Morgan fingerprint density at radius 1 is 1.41 bits per heavy atom. The third-order valence-corrected chi connectivity index (χ3v) is 3.69. The third-order valence-electron chi connectivity index (χ3n) is 3.44. The molecule has 7 heteroatoms. The van der Waals surface area contributed by atoms with Crippen molar-refractivity contribution in [3.8, 4) is 0 Å². The van der Waals surface area contributed by atoms with E-state index in [9.17, 15) is 14.4 Å². The van der Waals surface area contributed by atoms with Crippen molar-refractivity contribution in [3.05, 3.63) is 47.5 Å². The van der Waals surface area contributed by atoms with Gasteiger partial charge in [0.15, 0.2) is 0 Å². The van der Waals surface area contributed by atoms with Gasteiger partial charge in [0.1, 0.15) is 12.1 Å². The maximum absolute atomic E-state index is 12.5. The fourth-order valence-corrected chi connectivity index (χ4v) is 2.33. The Bertz CT molecular complexity index is 629. The Morgan fingerprint density at radius 3 is 2.64 bits per heavy atom. The van der Waals surface area contributed by atoms with Crippen LogP contribution >= 0.6 is 11.6 Å². The Labute approximate surface area is 133 Å². The molecule has 116 valence electrons. The first kappa shape index (κ1) is 16.0. The summed E-state index contributed by atoms with van der Waals surface area (Å²) in [5.41, 5.74) is -0.607. The normalized spacial score (nSPS) is 20.7. The van der Waals surface area contributed by atoms with E-state index in [1.165, 1.54) is 6.08 Å². The van der Waals surface area contributed by atoms with Gasteiger partial charge in [0.2, 0.25) is 5.91 Å². The van der Waals surface area contributed by atoms with Crippen molar-refractivity contribution in [2.45, 2.75) is 12.5 Å². The fraction of sp³-hybridized carbons (Fsp3) is 0.267. The first-order valence-corrected chi connectivity index (χ1v) is 7.04. The molecular weight excluding hydrogens is 306 g/mol. The Kier molecular flexibility index (Phi) is 4.51. The SMILES string of the molecule is C=CCNC(=O)CN1C(=O)N[C@](C)(c2ccc(Cl)cc2)C1=O. The monoisotopic (exact) mass is 321 g/mol. The minimum Gasteiger partial charge on any atom is -0.351 e. The highest BCUT2D eigenvalue weighted by Crippen LogP contribution is 2.29. The van der Waals surface area contributed by atoms with Crippen LogP contribution in [0.4, 0.5) is 4.79 Å². The van der Waals surface area contributed by atoms with Crippen molar-refractivity contribution in [2.75, 3.05) is 13.1 Å². The molecule has 1 aromatic rings. The van der Waals surface area contributed by atoms with Gasteiger partial charge in [-0.3, -0.25) is 14.5 Å².